The number of rotatable bonds is 2. The van der Waals surface area contributed by atoms with E-state index in [1.807, 2.05) is 30.3 Å². The predicted octanol–water partition coefficient (Wildman–Crippen LogP) is 2.43. The Morgan fingerprint density at radius 1 is 1.27 bits per heavy atom. The first-order valence-electron chi connectivity index (χ1n) is 7.55. The van der Waals surface area contributed by atoms with E-state index in [0.29, 0.717) is 6.54 Å². The molecule has 5 heteroatoms. The molecule has 3 rings (SSSR count). The molecule has 2 aromatic rings. The quantitative estimate of drug-likeness (QED) is 0.926. The second-order valence-corrected chi connectivity index (χ2v) is 5.67. The molecule has 1 N–H and O–H groups in total. The summed E-state index contributed by atoms with van der Waals surface area (Å²) in [5, 5.41) is 3.97. The molecule has 0 spiro atoms. The average Bonchev–Trinajstić information content (AvgIpc) is 2.55. The number of benzene rings is 1. The number of hydrogen-bond acceptors (Lipinski definition) is 3. The fourth-order valence-corrected chi connectivity index (χ4v) is 2.92. The number of pyridine rings is 1. The summed E-state index contributed by atoms with van der Waals surface area (Å²) < 4.78 is 0. The van der Waals surface area contributed by atoms with Crippen LogP contribution in [0, 0.1) is 5.92 Å². The van der Waals surface area contributed by atoms with E-state index < -0.39 is 0 Å². The minimum atomic E-state index is -0.156. The minimum Gasteiger partial charge on any atom is -0.342 e. The molecule has 0 saturated carbocycles. The normalized spacial score (nSPS) is 18.2. The highest BCUT2D eigenvalue weighted by Gasteiger charge is 2.27. The van der Waals surface area contributed by atoms with Crippen molar-refractivity contribution in [1.82, 2.24) is 9.88 Å². The van der Waals surface area contributed by atoms with Crippen LogP contribution >= 0.6 is 0 Å². The number of fused-ring (bicyclic) bond motifs is 1. The lowest BCUT2D eigenvalue weighted by Gasteiger charge is -2.31. The number of para-hydroxylation sites is 1. The molecule has 1 aromatic heterocycles. The number of nitrogens with zero attached hydrogens (tertiary/aromatic N) is 2. The Morgan fingerprint density at radius 2 is 2.09 bits per heavy atom. The van der Waals surface area contributed by atoms with Gasteiger partial charge in [0.25, 0.3) is 0 Å². The van der Waals surface area contributed by atoms with E-state index in [4.69, 9.17) is 0 Å². The second-order valence-electron chi connectivity index (χ2n) is 5.67. The zero-order valence-corrected chi connectivity index (χ0v) is 12.6. The van der Waals surface area contributed by atoms with Crippen molar-refractivity contribution in [3.63, 3.8) is 0 Å². The number of likely N-dealkylation sites (tertiary alicyclic amines) is 1. The van der Waals surface area contributed by atoms with Gasteiger partial charge in [0, 0.05) is 31.6 Å². The first kappa shape index (κ1) is 14.5. The van der Waals surface area contributed by atoms with Crippen LogP contribution in [0.3, 0.4) is 0 Å². The summed E-state index contributed by atoms with van der Waals surface area (Å²) in [5.74, 6) is -0.162. The molecule has 1 saturated heterocycles. The van der Waals surface area contributed by atoms with Crippen molar-refractivity contribution in [2.45, 2.75) is 19.8 Å². The summed E-state index contributed by atoms with van der Waals surface area (Å²) in [4.78, 5) is 30.1. The second kappa shape index (κ2) is 6.13. The van der Waals surface area contributed by atoms with Gasteiger partial charge in [-0.2, -0.15) is 0 Å². The Kier molecular flexibility index (Phi) is 4.04. The van der Waals surface area contributed by atoms with Crippen molar-refractivity contribution in [3.05, 3.63) is 36.5 Å². The molecule has 5 nitrogen and oxygen atoms in total. The summed E-state index contributed by atoms with van der Waals surface area (Å²) in [6, 6.07) is 9.58. The Labute approximate surface area is 129 Å². The van der Waals surface area contributed by atoms with Crippen LogP contribution in [0.5, 0.6) is 0 Å². The molecule has 114 valence electrons. The average molecular weight is 297 g/mol. The van der Waals surface area contributed by atoms with Gasteiger partial charge in [0.15, 0.2) is 0 Å². The number of aromatic nitrogens is 1. The zero-order valence-electron chi connectivity index (χ0n) is 12.6. The first-order valence-corrected chi connectivity index (χ1v) is 7.55. The Morgan fingerprint density at radius 3 is 2.91 bits per heavy atom. The number of hydrogen-bond donors (Lipinski definition) is 1. The molecule has 1 atom stereocenters. The molecule has 22 heavy (non-hydrogen) atoms. The zero-order chi connectivity index (χ0) is 15.5. The van der Waals surface area contributed by atoms with Crippen molar-refractivity contribution in [2.24, 2.45) is 5.92 Å². The van der Waals surface area contributed by atoms with Gasteiger partial charge < -0.3 is 10.2 Å². The number of nitrogens with one attached hydrogen (secondary N) is 1. The van der Waals surface area contributed by atoms with Gasteiger partial charge in [0.05, 0.1) is 17.1 Å². The molecular formula is C17H19N3O2. The summed E-state index contributed by atoms with van der Waals surface area (Å²) in [5.41, 5.74) is 1.51. The number of piperidine rings is 1. The maximum absolute atomic E-state index is 12.5. The number of amides is 2. The summed E-state index contributed by atoms with van der Waals surface area (Å²) >= 11 is 0. The fourth-order valence-electron chi connectivity index (χ4n) is 2.92. The van der Waals surface area contributed by atoms with Gasteiger partial charge in [-0.05, 0) is 25.0 Å². The molecule has 1 aliphatic rings. The third-order valence-corrected chi connectivity index (χ3v) is 4.13. The van der Waals surface area contributed by atoms with Crippen LogP contribution in [0.4, 0.5) is 5.69 Å². The maximum atomic E-state index is 12.5. The van der Waals surface area contributed by atoms with Gasteiger partial charge in [-0.15, -0.1) is 0 Å². The lowest BCUT2D eigenvalue weighted by Crippen LogP contribution is -2.42. The van der Waals surface area contributed by atoms with Gasteiger partial charge in [0.2, 0.25) is 11.8 Å². The van der Waals surface area contributed by atoms with Crippen LogP contribution in [0.1, 0.15) is 19.8 Å². The van der Waals surface area contributed by atoms with Gasteiger partial charge in [-0.1, -0.05) is 18.2 Å². The van der Waals surface area contributed by atoms with Crippen LogP contribution in [0.2, 0.25) is 0 Å². The number of carbonyl (C=O) groups excluding carboxylic acids is 2. The molecule has 0 unspecified atom stereocenters. The van der Waals surface area contributed by atoms with Gasteiger partial charge in [-0.3, -0.25) is 14.6 Å². The van der Waals surface area contributed by atoms with E-state index in [1.54, 1.807) is 18.0 Å². The molecule has 1 aliphatic heterocycles. The minimum absolute atomic E-state index is 0.0318. The van der Waals surface area contributed by atoms with Crippen molar-refractivity contribution >= 4 is 28.4 Å². The highest BCUT2D eigenvalue weighted by molar-refractivity contribution is 6.01. The molecule has 0 radical (unpaired) electrons. The molecule has 1 aromatic carbocycles. The third-order valence-electron chi connectivity index (χ3n) is 4.13. The highest BCUT2D eigenvalue weighted by atomic mass is 16.2. The van der Waals surface area contributed by atoms with Gasteiger partial charge in [0.1, 0.15) is 0 Å². The summed E-state index contributed by atoms with van der Waals surface area (Å²) in [7, 11) is 0. The lowest BCUT2D eigenvalue weighted by atomic mass is 9.97. The monoisotopic (exact) mass is 297 g/mol. The van der Waals surface area contributed by atoms with Gasteiger partial charge in [-0.25, -0.2) is 0 Å². The molecular weight excluding hydrogens is 278 g/mol. The predicted molar refractivity (Wildman–Crippen MR) is 85.4 cm³/mol. The van der Waals surface area contributed by atoms with Crippen LogP contribution in [-0.2, 0) is 9.59 Å². The summed E-state index contributed by atoms with van der Waals surface area (Å²) in [6.45, 7) is 2.79. The molecule has 0 bridgehead atoms. The van der Waals surface area contributed by atoms with E-state index in [9.17, 15) is 9.59 Å². The van der Waals surface area contributed by atoms with Crippen molar-refractivity contribution in [2.75, 3.05) is 18.4 Å². The van der Waals surface area contributed by atoms with Gasteiger partial charge >= 0.3 is 0 Å². The Hall–Kier alpha value is -2.43. The van der Waals surface area contributed by atoms with Crippen LogP contribution in [-0.4, -0.2) is 34.8 Å². The van der Waals surface area contributed by atoms with Crippen molar-refractivity contribution < 1.29 is 9.59 Å². The topological polar surface area (TPSA) is 62.3 Å². The Balaban J connectivity index is 1.77. The van der Waals surface area contributed by atoms with E-state index in [-0.39, 0.29) is 17.7 Å². The largest absolute Gasteiger partial charge is 0.342 e. The Bertz CT molecular complexity index is 709. The van der Waals surface area contributed by atoms with Crippen LogP contribution in [0.15, 0.2) is 36.5 Å². The van der Waals surface area contributed by atoms with E-state index in [2.05, 4.69) is 10.3 Å². The van der Waals surface area contributed by atoms with E-state index in [1.165, 1.54) is 0 Å². The first-order chi connectivity index (χ1) is 10.6. The van der Waals surface area contributed by atoms with Crippen molar-refractivity contribution in [1.29, 1.82) is 0 Å². The SMILES string of the molecule is CC(=O)N1CCC[C@H](C(=O)Nc2cccc3cccnc23)C1. The van der Waals surface area contributed by atoms with E-state index >= 15 is 0 Å². The standard InChI is InChI=1S/C17H19N3O2/c1-12(21)20-10-4-7-14(11-20)17(22)19-15-8-2-5-13-6-3-9-18-16(13)15/h2-3,5-6,8-9,14H,4,7,10-11H2,1H3,(H,19,22)/t14-/m0/s1. The van der Waals surface area contributed by atoms with Crippen LogP contribution in [0.25, 0.3) is 10.9 Å². The maximum Gasteiger partial charge on any atom is 0.229 e. The highest BCUT2D eigenvalue weighted by Crippen LogP contribution is 2.23. The number of anilines is 1. The smallest absolute Gasteiger partial charge is 0.229 e. The molecule has 0 aliphatic carbocycles. The molecule has 1 fully saturated rings. The fraction of sp³-hybridized carbons (Fsp3) is 0.353. The number of carbonyl (C=O) groups is 2. The van der Waals surface area contributed by atoms with Crippen LogP contribution < -0.4 is 5.32 Å². The van der Waals surface area contributed by atoms with Crippen molar-refractivity contribution in [3.8, 4) is 0 Å². The lowest BCUT2D eigenvalue weighted by molar-refractivity contribution is -0.132. The third kappa shape index (κ3) is 2.93. The summed E-state index contributed by atoms with van der Waals surface area (Å²) in [6.07, 6.45) is 3.40. The van der Waals surface area contributed by atoms with E-state index in [0.717, 1.165) is 36.0 Å². The molecule has 2 amide bonds. The molecule has 2 heterocycles.